The smallest absolute Gasteiger partial charge is 0.0473 e. The van der Waals surface area contributed by atoms with Crippen molar-refractivity contribution in [1.29, 1.82) is 0 Å². The van der Waals surface area contributed by atoms with Gasteiger partial charge in [-0.3, -0.25) is 0 Å². The van der Waals surface area contributed by atoms with Crippen LogP contribution in [0.3, 0.4) is 0 Å². The molecular formula is C15H36. The van der Waals surface area contributed by atoms with E-state index in [1.807, 2.05) is 27.7 Å². The molecule has 0 aliphatic rings. The highest BCUT2D eigenvalue weighted by Gasteiger charge is 1.68. The molecule has 0 saturated heterocycles. The molecule has 0 N–H and O–H groups in total. The van der Waals surface area contributed by atoms with Crippen LogP contribution in [0.1, 0.15) is 68.7 Å². The highest BCUT2D eigenvalue weighted by atomic mass is 13.7. The van der Waals surface area contributed by atoms with Crippen molar-refractivity contribution in [1.82, 2.24) is 0 Å². The predicted molar refractivity (Wildman–Crippen MR) is 79.6 cm³/mol. The molecule has 0 heterocycles. The highest BCUT2D eigenvalue weighted by molar-refractivity contribution is 4.51. The third kappa shape index (κ3) is 6570. The molecule has 0 unspecified atom stereocenters. The minimum absolute atomic E-state index is 0.833. The summed E-state index contributed by atoms with van der Waals surface area (Å²) < 4.78 is 0. The summed E-state index contributed by atoms with van der Waals surface area (Å²) in [7, 11) is 0. The zero-order valence-electron chi connectivity index (χ0n) is 12.9. The molecule has 0 aliphatic carbocycles. The lowest BCUT2D eigenvalue weighted by molar-refractivity contribution is 0.737. The zero-order valence-corrected chi connectivity index (χ0v) is 12.9. The van der Waals surface area contributed by atoms with Crippen LogP contribution in [0.2, 0.25) is 0 Å². The molecule has 0 aromatic rings. The Labute approximate surface area is 100 Å². The number of hydrogen-bond acceptors (Lipinski definition) is 0. The van der Waals surface area contributed by atoms with Gasteiger partial charge in [-0.2, -0.15) is 0 Å². The van der Waals surface area contributed by atoms with E-state index in [1.165, 1.54) is 6.42 Å². The minimum atomic E-state index is 0.833. The molecule has 0 bridgehead atoms. The molecule has 0 aliphatic heterocycles. The first kappa shape index (κ1) is 29.3. The molecule has 0 atom stereocenters. The van der Waals surface area contributed by atoms with Crippen LogP contribution in [0.5, 0.6) is 0 Å². The van der Waals surface area contributed by atoms with Crippen LogP contribution in [0.25, 0.3) is 0 Å². The van der Waals surface area contributed by atoms with Crippen LogP contribution in [0.15, 0.2) is 25.3 Å². The van der Waals surface area contributed by atoms with E-state index in [0.29, 0.717) is 0 Å². The van der Waals surface area contributed by atoms with Gasteiger partial charge in [0.25, 0.3) is 0 Å². The van der Waals surface area contributed by atoms with E-state index in [4.69, 9.17) is 0 Å². The topological polar surface area (TPSA) is 0 Å². The fourth-order valence-electron chi connectivity index (χ4n) is 0. The maximum Gasteiger partial charge on any atom is -0.0473 e. The first-order chi connectivity index (χ1) is 6.97. The molecular weight excluding hydrogens is 180 g/mol. The first-order valence-corrected chi connectivity index (χ1v) is 6.12. The summed E-state index contributed by atoms with van der Waals surface area (Å²) in [6.07, 6.45) is 4.75. The first-order valence-electron chi connectivity index (χ1n) is 6.12. The molecule has 96 valence electrons. The SMILES string of the molecule is C=CC.C=CC.CC.CC(C)C.CCC. The fourth-order valence-corrected chi connectivity index (χ4v) is 0. The quantitative estimate of drug-likeness (QED) is 0.406. The van der Waals surface area contributed by atoms with Gasteiger partial charge < -0.3 is 0 Å². The predicted octanol–water partition coefficient (Wildman–Crippen LogP) is 6.49. The van der Waals surface area contributed by atoms with E-state index in [9.17, 15) is 0 Å². The Morgan fingerprint density at radius 2 is 0.867 bits per heavy atom. The van der Waals surface area contributed by atoms with Gasteiger partial charge >= 0.3 is 0 Å². The van der Waals surface area contributed by atoms with Gasteiger partial charge in [0.05, 0.1) is 0 Å². The summed E-state index contributed by atoms with van der Waals surface area (Å²) in [5.74, 6) is 0.833. The maximum absolute atomic E-state index is 3.36. The Hall–Kier alpha value is -0.520. The third-order valence-corrected chi connectivity index (χ3v) is 0. The van der Waals surface area contributed by atoms with Crippen molar-refractivity contribution in [2.45, 2.75) is 68.7 Å². The number of rotatable bonds is 0. The average Bonchev–Trinajstić information content (AvgIpc) is 2.09. The molecule has 0 aromatic heterocycles. The summed E-state index contributed by atoms with van der Waals surface area (Å²) >= 11 is 0. The van der Waals surface area contributed by atoms with E-state index >= 15 is 0 Å². The zero-order chi connectivity index (χ0) is 13.7. The van der Waals surface area contributed by atoms with Gasteiger partial charge in [0.2, 0.25) is 0 Å². The Morgan fingerprint density at radius 3 is 0.867 bits per heavy atom. The molecule has 0 aromatic carbocycles. The van der Waals surface area contributed by atoms with Crippen LogP contribution in [0.4, 0.5) is 0 Å². The molecule has 0 nitrogen and oxygen atoms in total. The van der Waals surface area contributed by atoms with Crippen molar-refractivity contribution >= 4 is 0 Å². The van der Waals surface area contributed by atoms with Crippen LogP contribution in [-0.2, 0) is 0 Å². The van der Waals surface area contributed by atoms with Crippen molar-refractivity contribution in [2.24, 2.45) is 5.92 Å². The van der Waals surface area contributed by atoms with Crippen molar-refractivity contribution in [3.8, 4) is 0 Å². The summed E-state index contributed by atoms with van der Waals surface area (Å²) in [5.41, 5.74) is 0. The Morgan fingerprint density at radius 1 is 0.867 bits per heavy atom. The van der Waals surface area contributed by atoms with Gasteiger partial charge in [-0.05, 0) is 19.8 Å². The second-order valence-electron chi connectivity index (χ2n) is 3.26. The molecule has 0 spiro atoms. The second-order valence-corrected chi connectivity index (χ2v) is 3.26. The second kappa shape index (κ2) is 69.9. The van der Waals surface area contributed by atoms with Gasteiger partial charge in [-0.1, -0.05) is 67.0 Å². The monoisotopic (exact) mass is 216 g/mol. The lowest BCUT2D eigenvalue weighted by Crippen LogP contribution is -1.66. The Bertz CT molecular complexity index is 51.7. The summed E-state index contributed by atoms with van der Waals surface area (Å²) in [6, 6.07) is 0. The molecule has 0 saturated carbocycles. The van der Waals surface area contributed by atoms with Crippen molar-refractivity contribution < 1.29 is 0 Å². The molecule has 0 rings (SSSR count). The standard InChI is InChI=1S/C4H10.C3H8.2C3H6.C2H6/c1-4(2)3;3*1-3-2;1-2/h4H,1-3H3;3H2,1-2H3;2*3H,1H2,2H3;1-2H3. The lowest BCUT2D eigenvalue weighted by Gasteiger charge is -1.79. The molecule has 0 radical (unpaired) electrons. The number of allylic oxidation sites excluding steroid dienone is 2. The van der Waals surface area contributed by atoms with E-state index in [0.717, 1.165) is 5.92 Å². The highest BCUT2D eigenvalue weighted by Crippen LogP contribution is 1.81. The molecule has 0 fully saturated rings. The van der Waals surface area contributed by atoms with Crippen molar-refractivity contribution in [2.75, 3.05) is 0 Å². The normalized spacial score (nSPS) is 5.73. The summed E-state index contributed by atoms with van der Waals surface area (Å²) in [4.78, 5) is 0. The molecule has 0 heteroatoms. The summed E-state index contributed by atoms with van der Waals surface area (Å²) in [6.45, 7) is 25.3. The van der Waals surface area contributed by atoms with Crippen LogP contribution < -0.4 is 0 Å². The average molecular weight is 216 g/mol. The number of hydrogen-bond donors (Lipinski definition) is 0. The largest absolute Gasteiger partial charge is 0.103 e. The van der Waals surface area contributed by atoms with Gasteiger partial charge in [0, 0.05) is 0 Å². The van der Waals surface area contributed by atoms with Gasteiger partial charge in [0.15, 0.2) is 0 Å². The Kier molecular flexibility index (Phi) is 136. The van der Waals surface area contributed by atoms with E-state index in [-0.39, 0.29) is 0 Å². The Balaban J connectivity index is -0.0000000283. The van der Waals surface area contributed by atoms with E-state index in [1.54, 1.807) is 12.2 Å². The van der Waals surface area contributed by atoms with Crippen LogP contribution in [0, 0.1) is 5.92 Å². The minimum Gasteiger partial charge on any atom is -0.103 e. The third-order valence-electron chi connectivity index (χ3n) is 0. The van der Waals surface area contributed by atoms with Crippen molar-refractivity contribution in [3.05, 3.63) is 25.3 Å². The fraction of sp³-hybridized carbons (Fsp3) is 0.733. The lowest BCUT2D eigenvalue weighted by atomic mass is 10.3. The van der Waals surface area contributed by atoms with Crippen LogP contribution >= 0.6 is 0 Å². The van der Waals surface area contributed by atoms with Gasteiger partial charge in [0.1, 0.15) is 0 Å². The maximum atomic E-state index is 3.36. The summed E-state index contributed by atoms with van der Waals surface area (Å²) in [5, 5.41) is 0. The molecule has 0 amide bonds. The molecule has 15 heavy (non-hydrogen) atoms. The van der Waals surface area contributed by atoms with E-state index < -0.39 is 0 Å². The van der Waals surface area contributed by atoms with E-state index in [2.05, 4.69) is 47.8 Å². The van der Waals surface area contributed by atoms with Crippen molar-refractivity contribution in [3.63, 3.8) is 0 Å². The van der Waals surface area contributed by atoms with Crippen LogP contribution in [-0.4, -0.2) is 0 Å². The van der Waals surface area contributed by atoms with Gasteiger partial charge in [-0.15, -0.1) is 13.2 Å². The van der Waals surface area contributed by atoms with Gasteiger partial charge in [-0.25, -0.2) is 0 Å².